The third-order valence-corrected chi connectivity index (χ3v) is 2.39. The molecule has 0 unspecified atom stereocenters. The predicted molar refractivity (Wildman–Crippen MR) is 66.2 cm³/mol. The molecule has 0 saturated heterocycles. The van der Waals surface area contributed by atoms with Crippen LogP contribution in [0, 0.1) is 5.92 Å². The van der Waals surface area contributed by atoms with Gasteiger partial charge in [-0.25, -0.2) is 3.21 Å². The highest BCUT2D eigenvalue weighted by Gasteiger charge is 2.09. The summed E-state index contributed by atoms with van der Waals surface area (Å²) in [5.41, 5.74) is 8.75. The van der Waals surface area contributed by atoms with E-state index in [-0.39, 0.29) is 0 Å². The minimum Gasteiger partial charge on any atom is -0.398 e. The summed E-state index contributed by atoms with van der Waals surface area (Å²) in [5, 5.41) is 0. The molecule has 0 spiro atoms. The number of halogens is 1. The van der Waals surface area contributed by atoms with E-state index in [0.29, 0.717) is 5.92 Å². The first-order valence-corrected chi connectivity index (χ1v) is 5.17. The van der Waals surface area contributed by atoms with Crippen molar-refractivity contribution in [3.05, 3.63) is 29.8 Å². The second-order valence-corrected chi connectivity index (χ2v) is 3.69. The monoisotopic (exact) mass is 288 g/mol. The number of rotatable bonds is 2. The van der Waals surface area contributed by atoms with E-state index in [2.05, 4.69) is 17.1 Å². The van der Waals surface area contributed by atoms with Gasteiger partial charge in [-0.1, -0.05) is 32.0 Å². The van der Waals surface area contributed by atoms with E-state index in [1.165, 1.54) is 0 Å². The molecular weight excluding hydrogens is 275 g/mol. The van der Waals surface area contributed by atoms with Crippen LogP contribution in [0.1, 0.15) is 19.4 Å². The Morgan fingerprint density at radius 2 is 2.00 bits per heavy atom. The molecule has 1 aromatic rings. The molecule has 0 heterocycles. The molecule has 0 aliphatic heterocycles. The molecule has 13 heavy (non-hydrogen) atoms. The van der Waals surface area contributed by atoms with Gasteiger partial charge in [0.1, 0.15) is 0 Å². The average molecular weight is 288 g/mol. The fourth-order valence-corrected chi connectivity index (χ4v) is 2.00. The zero-order valence-electron chi connectivity index (χ0n) is 7.79. The van der Waals surface area contributed by atoms with E-state index in [1.807, 2.05) is 47.1 Å². The normalized spacial score (nSPS) is 12.2. The van der Waals surface area contributed by atoms with Crippen LogP contribution in [0.15, 0.2) is 27.5 Å². The number of nitrogen functional groups attached to an aromatic ring is 1. The molecule has 0 atom stereocenters. The first-order valence-electron chi connectivity index (χ1n) is 4.20. The molecule has 0 amide bonds. The molecule has 0 aromatic heterocycles. The maximum atomic E-state index is 5.85. The lowest BCUT2D eigenvalue weighted by Crippen LogP contribution is -2.10. The molecule has 0 saturated carbocycles. The Morgan fingerprint density at radius 3 is 2.46 bits per heavy atom. The molecule has 2 nitrogen and oxygen atoms in total. The second-order valence-electron chi connectivity index (χ2n) is 3.21. The van der Waals surface area contributed by atoms with Gasteiger partial charge in [-0.2, -0.15) is 0 Å². The summed E-state index contributed by atoms with van der Waals surface area (Å²) >= 11 is 2.02. The van der Waals surface area contributed by atoms with Crippen molar-refractivity contribution in [1.29, 1.82) is 0 Å². The molecular formula is C10H13IN2. The highest BCUT2D eigenvalue weighted by Crippen LogP contribution is 2.17. The fraction of sp³-hybridized carbons (Fsp3) is 0.300. The number of nitrogens with two attached hydrogens (primary N) is 1. The Bertz CT molecular complexity index is 318. The number of benzene rings is 1. The molecule has 0 fully saturated rings. The van der Waals surface area contributed by atoms with Gasteiger partial charge in [0.15, 0.2) is 0 Å². The first-order chi connectivity index (χ1) is 6.16. The maximum absolute atomic E-state index is 5.85. The molecule has 0 bridgehead atoms. The van der Waals surface area contributed by atoms with Crippen LogP contribution in [-0.2, 0) is 0 Å². The van der Waals surface area contributed by atoms with Gasteiger partial charge < -0.3 is 5.73 Å². The Morgan fingerprint density at radius 1 is 1.38 bits per heavy atom. The van der Waals surface area contributed by atoms with Gasteiger partial charge in [-0.05, 0) is 12.0 Å². The van der Waals surface area contributed by atoms with Gasteiger partial charge in [-0.3, -0.25) is 0 Å². The topological polar surface area (TPSA) is 38.4 Å². The maximum Gasteiger partial charge on any atom is 0.0834 e. The van der Waals surface area contributed by atoms with Crippen LogP contribution in [0.25, 0.3) is 0 Å². The quantitative estimate of drug-likeness (QED) is 0.507. The number of hydrogen-bond donors (Lipinski definition) is 1. The van der Waals surface area contributed by atoms with Crippen molar-refractivity contribution in [2.24, 2.45) is 9.12 Å². The van der Waals surface area contributed by atoms with Crippen molar-refractivity contribution in [1.82, 2.24) is 0 Å². The van der Waals surface area contributed by atoms with Gasteiger partial charge in [0.05, 0.1) is 28.6 Å². The third kappa shape index (κ3) is 2.43. The van der Waals surface area contributed by atoms with E-state index in [9.17, 15) is 0 Å². The summed E-state index contributed by atoms with van der Waals surface area (Å²) < 4.78 is 4.23. The van der Waals surface area contributed by atoms with Crippen molar-refractivity contribution < 1.29 is 0 Å². The van der Waals surface area contributed by atoms with E-state index < -0.39 is 0 Å². The van der Waals surface area contributed by atoms with Crippen LogP contribution in [0.3, 0.4) is 0 Å². The zero-order chi connectivity index (χ0) is 9.84. The summed E-state index contributed by atoms with van der Waals surface area (Å²) in [6, 6.07) is 7.83. The lowest BCUT2D eigenvalue weighted by atomic mass is 9.99. The van der Waals surface area contributed by atoms with Crippen molar-refractivity contribution in [3.8, 4) is 0 Å². The van der Waals surface area contributed by atoms with Gasteiger partial charge in [0.2, 0.25) is 0 Å². The van der Waals surface area contributed by atoms with Gasteiger partial charge in [0, 0.05) is 11.3 Å². The van der Waals surface area contributed by atoms with Crippen molar-refractivity contribution in [2.45, 2.75) is 13.8 Å². The third-order valence-electron chi connectivity index (χ3n) is 1.87. The van der Waals surface area contributed by atoms with Gasteiger partial charge >= 0.3 is 0 Å². The lowest BCUT2D eigenvalue weighted by molar-refractivity contribution is 0.890. The molecule has 0 aliphatic rings. The Kier molecular flexibility index (Phi) is 3.71. The molecule has 1 rings (SSSR count). The fourth-order valence-electron chi connectivity index (χ4n) is 1.18. The predicted octanol–water partition coefficient (Wildman–Crippen LogP) is 3.06. The highest BCUT2D eigenvalue weighted by molar-refractivity contribution is 14.1. The van der Waals surface area contributed by atoms with Crippen molar-refractivity contribution in [3.63, 3.8) is 0 Å². The van der Waals surface area contributed by atoms with Crippen molar-refractivity contribution >= 4 is 34.3 Å². The van der Waals surface area contributed by atoms with Crippen LogP contribution in [0.4, 0.5) is 5.69 Å². The van der Waals surface area contributed by atoms with Crippen LogP contribution < -0.4 is 5.73 Å². The zero-order valence-corrected chi connectivity index (χ0v) is 9.95. The Balaban J connectivity index is 3.13. The highest BCUT2D eigenvalue weighted by atomic mass is 127. The van der Waals surface area contributed by atoms with Crippen LogP contribution in [0.5, 0.6) is 0 Å². The Hall–Kier alpha value is -0.580. The summed E-state index contributed by atoms with van der Waals surface area (Å²) in [5.74, 6) is 0.404. The second kappa shape index (κ2) is 4.60. The van der Waals surface area contributed by atoms with Crippen molar-refractivity contribution in [2.75, 3.05) is 5.73 Å². The SMILES string of the molecule is CC(C)C(=NI)c1ccccc1N. The first kappa shape index (κ1) is 10.5. The summed E-state index contributed by atoms with van der Waals surface area (Å²) in [6.45, 7) is 4.23. The molecule has 0 radical (unpaired) electrons. The minimum atomic E-state index is 0.404. The molecule has 2 N–H and O–H groups in total. The van der Waals surface area contributed by atoms with Gasteiger partial charge in [-0.15, -0.1) is 0 Å². The number of nitrogens with zero attached hydrogens (tertiary/aromatic N) is 1. The summed E-state index contributed by atoms with van der Waals surface area (Å²) in [4.78, 5) is 0. The smallest absolute Gasteiger partial charge is 0.0834 e. The summed E-state index contributed by atoms with van der Waals surface area (Å²) in [6.07, 6.45) is 0. The van der Waals surface area contributed by atoms with Crippen LogP contribution >= 0.6 is 22.9 Å². The van der Waals surface area contributed by atoms with Crippen LogP contribution in [-0.4, -0.2) is 5.71 Å². The average Bonchev–Trinajstić information content (AvgIpc) is 2.09. The van der Waals surface area contributed by atoms with E-state index in [4.69, 9.17) is 5.73 Å². The van der Waals surface area contributed by atoms with E-state index in [1.54, 1.807) is 0 Å². The van der Waals surface area contributed by atoms with Crippen LogP contribution in [0.2, 0.25) is 0 Å². The van der Waals surface area contributed by atoms with E-state index >= 15 is 0 Å². The molecule has 1 aromatic carbocycles. The molecule has 0 aliphatic carbocycles. The minimum absolute atomic E-state index is 0.404. The number of anilines is 1. The molecule has 70 valence electrons. The standard InChI is InChI=1S/C10H13IN2/c1-7(2)10(13-11)8-5-3-4-6-9(8)12/h3-7H,12H2,1-2H3. The Labute approximate surface area is 92.7 Å². The molecule has 3 heteroatoms. The van der Waals surface area contributed by atoms with Gasteiger partial charge in [0.25, 0.3) is 0 Å². The largest absolute Gasteiger partial charge is 0.398 e. The van der Waals surface area contributed by atoms with E-state index in [0.717, 1.165) is 17.0 Å². The lowest BCUT2D eigenvalue weighted by Gasteiger charge is -2.10. The summed E-state index contributed by atoms with van der Waals surface area (Å²) in [7, 11) is 0. The number of para-hydroxylation sites is 1. The number of hydrogen-bond acceptors (Lipinski definition) is 2.